The first-order valence-corrected chi connectivity index (χ1v) is 19.4. The molecule has 3 aliphatic rings. The molecular formula is C39H41N7O6S. The number of rotatable bonds is 11. The van der Waals surface area contributed by atoms with Crippen LogP contribution in [0.3, 0.4) is 0 Å². The molecule has 2 aromatic heterocycles. The summed E-state index contributed by atoms with van der Waals surface area (Å²) < 4.78 is 35.0. The number of anilines is 2. The molecule has 2 aliphatic heterocycles. The fourth-order valence-electron chi connectivity index (χ4n) is 8.48. The van der Waals surface area contributed by atoms with Crippen molar-refractivity contribution in [2.24, 2.45) is 5.41 Å². The van der Waals surface area contributed by atoms with Crippen molar-refractivity contribution >= 4 is 44.0 Å². The van der Waals surface area contributed by atoms with Gasteiger partial charge in [0.15, 0.2) is 0 Å². The van der Waals surface area contributed by atoms with Crippen LogP contribution in [0.2, 0.25) is 0 Å². The first-order chi connectivity index (χ1) is 25.6. The lowest BCUT2D eigenvalue weighted by molar-refractivity contribution is -0.384. The summed E-state index contributed by atoms with van der Waals surface area (Å²) >= 11 is 0. The highest BCUT2D eigenvalue weighted by Crippen LogP contribution is 2.54. The molecule has 1 amide bonds. The molecule has 1 atom stereocenters. The Hall–Kier alpha value is -5.47. The number of nitro benzene ring substituents is 1. The Morgan fingerprint density at radius 3 is 2.68 bits per heavy atom. The second-order valence-corrected chi connectivity index (χ2v) is 16.0. The second kappa shape index (κ2) is 13.5. The van der Waals surface area contributed by atoms with Crippen LogP contribution in [-0.2, 0) is 16.4 Å². The fraction of sp³-hybridized carbons (Fsp3) is 0.333. The van der Waals surface area contributed by atoms with Crippen LogP contribution in [0.25, 0.3) is 11.0 Å². The maximum Gasteiger partial charge on any atom is 0.293 e. The van der Waals surface area contributed by atoms with Crippen molar-refractivity contribution in [3.05, 3.63) is 112 Å². The summed E-state index contributed by atoms with van der Waals surface area (Å²) in [6.07, 6.45) is 9.04. The monoisotopic (exact) mass is 735 g/mol. The maximum absolute atomic E-state index is 13.7. The van der Waals surface area contributed by atoms with E-state index in [0.717, 1.165) is 56.0 Å². The summed E-state index contributed by atoms with van der Waals surface area (Å²) in [6, 6.07) is 22.1. The predicted octanol–water partition coefficient (Wildman–Crippen LogP) is 6.79. The number of aryl methyl sites for hydroxylation is 1. The Bertz CT molecular complexity index is 2330. The molecule has 8 rings (SSSR count). The zero-order valence-corrected chi connectivity index (χ0v) is 30.4. The first-order valence-electron chi connectivity index (χ1n) is 17.9. The smallest absolute Gasteiger partial charge is 0.293 e. The third kappa shape index (κ3) is 6.46. The highest BCUT2D eigenvalue weighted by atomic mass is 32.2. The van der Waals surface area contributed by atoms with E-state index < -0.39 is 31.4 Å². The molecule has 1 spiro atoms. The zero-order chi connectivity index (χ0) is 36.9. The van der Waals surface area contributed by atoms with Crippen molar-refractivity contribution in [3.8, 4) is 11.5 Å². The number of fused-ring (bicyclic) bond motifs is 1. The summed E-state index contributed by atoms with van der Waals surface area (Å²) in [5.41, 5.74) is 4.38. The Labute approximate surface area is 307 Å². The molecule has 2 saturated heterocycles. The molecule has 14 heteroatoms. The lowest BCUT2D eigenvalue weighted by Crippen LogP contribution is -2.66. The van der Waals surface area contributed by atoms with Crippen LogP contribution in [0.15, 0.2) is 90.1 Å². The van der Waals surface area contributed by atoms with Crippen LogP contribution >= 0.6 is 0 Å². The molecule has 1 saturated carbocycles. The fourth-order valence-corrected chi connectivity index (χ4v) is 9.46. The number of nitrogens with zero attached hydrogens (tertiary/aromatic N) is 4. The number of aromatic amines is 1. The molecule has 274 valence electrons. The Balaban J connectivity index is 1.01. The third-order valence-electron chi connectivity index (χ3n) is 11.1. The third-order valence-corrected chi connectivity index (χ3v) is 12.4. The number of carbonyl (C=O) groups is 1. The van der Waals surface area contributed by atoms with Gasteiger partial charge >= 0.3 is 0 Å². The van der Waals surface area contributed by atoms with Crippen molar-refractivity contribution in [3.63, 3.8) is 0 Å². The lowest BCUT2D eigenvalue weighted by atomic mass is 9.60. The van der Waals surface area contributed by atoms with Crippen molar-refractivity contribution in [2.45, 2.75) is 56.0 Å². The van der Waals surface area contributed by atoms with Gasteiger partial charge in [-0.05, 0) is 86.2 Å². The van der Waals surface area contributed by atoms with E-state index in [9.17, 15) is 23.3 Å². The molecule has 5 aromatic rings. The van der Waals surface area contributed by atoms with Crippen LogP contribution in [0.4, 0.5) is 17.1 Å². The number of ether oxygens (including phenoxy) is 1. The second-order valence-electron chi connectivity index (χ2n) is 14.4. The van der Waals surface area contributed by atoms with E-state index in [1.54, 1.807) is 30.5 Å². The van der Waals surface area contributed by atoms with Crippen LogP contribution in [-0.4, -0.2) is 66.8 Å². The highest BCUT2D eigenvalue weighted by molar-refractivity contribution is 7.90. The molecular weight excluding hydrogens is 695 g/mol. The summed E-state index contributed by atoms with van der Waals surface area (Å²) in [5, 5.41) is 15.1. The number of H-pyrrole nitrogens is 1. The number of sulfonamides is 1. The van der Waals surface area contributed by atoms with E-state index in [1.807, 2.05) is 6.07 Å². The van der Waals surface area contributed by atoms with Gasteiger partial charge in [-0.3, -0.25) is 19.8 Å². The Morgan fingerprint density at radius 1 is 1.09 bits per heavy atom. The van der Waals surface area contributed by atoms with Crippen LogP contribution in [0.1, 0.15) is 60.1 Å². The van der Waals surface area contributed by atoms with Crippen LogP contribution < -0.4 is 19.7 Å². The quantitative estimate of drug-likeness (QED) is 0.0973. The average molecular weight is 736 g/mol. The number of hydrogen-bond donors (Lipinski definition) is 3. The molecule has 3 fully saturated rings. The predicted molar refractivity (Wildman–Crippen MR) is 202 cm³/mol. The zero-order valence-electron chi connectivity index (χ0n) is 29.5. The molecule has 1 aliphatic carbocycles. The minimum Gasteiger partial charge on any atom is -0.455 e. The van der Waals surface area contributed by atoms with Crippen molar-refractivity contribution in [2.75, 3.05) is 36.9 Å². The number of amides is 1. The van der Waals surface area contributed by atoms with Crippen molar-refractivity contribution in [1.82, 2.24) is 19.6 Å². The molecule has 3 aromatic carbocycles. The molecule has 0 radical (unpaired) electrons. The van der Waals surface area contributed by atoms with E-state index in [4.69, 9.17) is 4.74 Å². The number of benzene rings is 3. The van der Waals surface area contributed by atoms with Gasteiger partial charge in [-0.1, -0.05) is 31.2 Å². The van der Waals surface area contributed by atoms with E-state index in [1.165, 1.54) is 49.3 Å². The van der Waals surface area contributed by atoms with Gasteiger partial charge in [0.1, 0.15) is 22.8 Å². The van der Waals surface area contributed by atoms with E-state index >= 15 is 0 Å². The number of pyridine rings is 1. The van der Waals surface area contributed by atoms with E-state index in [0.29, 0.717) is 23.5 Å². The van der Waals surface area contributed by atoms with Gasteiger partial charge < -0.3 is 19.9 Å². The number of carbonyl (C=O) groups excluding carboxylic acids is 1. The number of nitrogens with one attached hydrogen (secondary N) is 3. The number of likely N-dealkylation sites (tertiary alicyclic amines) is 1. The van der Waals surface area contributed by atoms with Gasteiger partial charge in [0.2, 0.25) is 0 Å². The van der Waals surface area contributed by atoms with E-state index in [-0.39, 0.29) is 22.4 Å². The maximum atomic E-state index is 13.7. The number of nitro groups is 1. The van der Waals surface area contributed by atoms with E-state index in [2.05, 4.69) is 61.0 Å². The van der Waals surface area contributed by atoms with Crippen molar-refractivity contribution in [1.29, 1.82) is 0 Å². The summed E-state index contributed by atoms with van der Waals surface area (Å²) in [4.78, 5) is 36.6. The molecule has 53 heavy (non-hydrogen) atoms. The topological polar surface area (TPSA) is 163 Å². The first kappa shape index (κ1) is 34.6. The summed E-state index contributed by atoms with van der Waals surface area (Å²) in [5.74, 6) is -0.407. The minimum atomic E-state index is -4.49. The Kier molecular flexibility index (Phi) is 8.81. The highest BCUT2D eigenvalue weighted by Gasteiger charge is 2.55. The minimum absolute atomic E-state index is 0.0146. The average Bonchev–Trinajstić information content (AvgIpc) is 3.80. The van der Waals surface area contributed by atoms with Gasteiger partial charge in [-0.15, -0.1) is 0 Å². The van der Waals surface area contributed by atoms with Gasteiger partial charge in [-0.25, -0.2) is 18.1 Å². The molecule has 0 bridgehead atoms. The number of aromatic nitrogens is 2. The SMILES string of the molecule is CCc1ccccc1[C@@H]1CCCN1C1CC2(C1)CN(c1ccc(C(=O)NS(=O)(=O)c3ccc(NC)c([N+](=O)[O-])c3)c(Oc3cnc4[nH]ccc4c3)c1)C2. The van der Waals surface area contributed by atoms with Gasteiger partial charge in [-0.2, -0.15) is 0 Å². The molecule has 3 N–H and O–H groups in total. The standard InChI is InChI=1S/C39H41N7O6S/c1-3-25-7-4-5-8-31(25)34-9-6-16-45(34)28-20-39(21-28)23-44(24-39)27-10-12-32(36(18-27)52-29-17-26-14-15-41-37(26)42-22-29)38(47)43-53(50,51)30-11-13-33(40-2)35(19-30)46(48)49/h4-5,7-8,10-15,17-19,22,28,34,40H,3,6,9,16,20-21,23-24H2,1-2H3,(H,41,42)(H,43,47)/t34-/m0/s1. The molecule has 13 nitrogen and oxygen atoms in total. The number of hydrogen-bond acceptors (Lipinski definition) is 10. The normalized spacial score (nSPS) is 18.5. The van der Waals surface area contributed by atoms with Crippen LogP contribution in [0.5, 0.6) is 11.5 Å². The lowest BCUT2D eigenvalue weighted by Gasteiger charge is -2.62. The molecule has 0 unspecified atom stereocenters. The Morgan fingerprint density at radius 2 is 1.91 bits per heavy atom. The largest absolute Gasteiger partial charge is 0.455 e. The van der Waals surface area contributed by atoms with Gasteiger partial charge in [0, 0.05) is 67.0 Å². The van der Waals surface area contributed by atoms with Crippen molar-refractivity contribution < 1.29 is 22.9 Å². The summed E-state index contributed by atoms with van der Waals surface area (Å²) in [7, 11) is -2.99. The van der Waals surface area contributed by atoms with Gasteiger partial charge in [0.25, 0.3) is 21.6 Å². The van der Waals surface area contributed by atoms with Crippen LogP contribution in [0, 0.1) is 15.5 Å². The molecule has 4 heterocycles. The van der Waals surface area contributed by atoms with Gasteiger partial charge in [0.05, 0.1) is 21.6 Å². The summed E-state index contributed by atoms with van der Waals surface area (Å²) in [6.45, 7) is 5.12.